The Morgan fingerprint density at radius 2 is 1.70 bits per heavy atom. The summed E-state index contributed by atoms with van der Waals surface area (Å²) in [6.45, 7) is 0. The number of hydrogen-bond donors (Lipinski definition) is 2. The molecule has 2 N–H and O–H groups in total. The highest BCUT2D eigenvalue weighted by molar-refractivity contribution is 7.91. The second-order valence-corrected chi connectivity index (χ2v) is 12.6. The Balaban J connectivity index is 1.30. The number of halogens is 1. The van der Waals surface area contributed by atoms with E-state index in [9.17, 15) is 13.2 Å². The molecule has 0 saturated heterocycles. The molecule has 2 aliphatic carbocycles. The number of benzene rings is 2. The molecule has 5 rings (SSSR count). The summed E-state index contributed by atoms with van der Waals surface area (Å²) >= 11 is 7.04. The molecule has 1 amide bonds. The molecule has 0 spiro atoms. The predicted octanol–water partition coefficient (Wildman–Crippen LogP) is 5.05. The van der Waals surface area contributed by atoms with Crippen LogP contribution in [0.15, 0.2) is 64.9 Å². The lowest BCUT2D eigenvalue weighted by Gasteiger charge is -2.23. The first-order valence-corrected chi connectivity index (χ1v) is 13.8. The van der Waals surface area contributed by atoms with Gasteiger partial charge < -0.3 is 5.32 Å². The molecule has 172 valence electrons. The molecule has 1 saturated carbocycles. The third kappa shape index (κ3) is 5.01. The maximum Gasteiger partial charge on any atom is 0.250 e. The van der Waals surface area contributed by atoms with E-state index in [0.29, 0.717) is 10.8 Å². The summed E-state index contributed by atoms with van der Waals surface area (Å²) in [5.41, 5.74) is 4.21. The third-order valence-corrected chi connectivity index (χ3v) is 9.87. The zero-order chi connectivity index (χ0) is 23.0. The van der Waals surface area contributed by atoms with Gasteiger partial charge in [0.25, 0.3) is 0 Å². The van der Waals surface area contributed by atoms with Crippen molar-refractivity contribution in [1.82, 2.24) is 4.72 Å². The molecule has 2 aromatic carbocycles. The molecule has 3 unspecified atom stereocenters. The molecule has 1 fully saturated rings. The molecule has 3 atom stereocenters. The zero-order valence-electron chi connectivity index (χ0n) is 18.0. The fourth-order valence-corrected chi connectivity index (χ4v) is 8.02. The van der Waals surface area contributed by atoms with Gasteiger partial charge in [0.15, 0.2) is 0 Å². The first-order chi connectivity index (χ1) is 15.9. The molecule has 1 heterocycles. The van der Waals surface area contributed by atoms with E-state index >= 15 is 0 Å². The van der Waals surface area contributed by atoms with Crippen molar-refractivity contribution in [2.45, 2.75) is 42.4 Å². The van der Waals surface area contributed by atoms with Crippen LogP contribution in [0, 0.1) is 11.8 Å². The summed E-state index contributed by atoms with van der Waals surface area (Å²) in [4.78, 5) is 12.5. The number of hydrogen-bond acceptors (Lipinski definition) is 4. The van der Waals surface area contributed by atoms with Crippen LogP contribution in [-0.2, 0) is 34.1 Å². The SMILES string of the molecule is O=C(Cc1ccccc1)Nc1ccc2c(c1)CC1CCC(C2)C1NS(=O)(=O)c1ccc(Cl)s1. The Morgan fingerprint density at radius 3 is 2.39 bits per heavy atom. The Morgan fingerprint density at radius 1 is 0.970 bits per heavy atom. The number of carbonyl (C=O) groups is 1. The van der Waals surface area contributed by atoms with Crippen molar-refractivity contribution in [2.24, 2.45) is 11.8 Å². The fourth-order valence-electron chi connectivity index (χ4n) is 5.15. The maximum absolute atomic E-state index is 12.9. The van der Waals surface area contributed by atoms with Crippen LogP contribution in [-0.4, -0.2) is 20.4 Å². The molecule has 2 aliphatic rings. The van der Waals surface area contributed by atoms with Gasteiger partial charge in [-0.3, -0.25) is 4.79 Å². The summed E-state index contributed by atoms with van der Waals surface area (Å²) in [5, 5.41) is 3.02. The standard InChI is InChI=1S/C25H25ClN2O3S2/c26-22-10-11-24(32-22)33(30,31)28-25-18-6-7-19(25)14-20-15-21(9-8-17(20)13-18)27-23(29)12-16-4-2-1-3-5-16/h1-5,8-11,15,18-19,25,28H,6-7,12-14H2,(H,27,29). The summed E-state index contributed by atoms with van der Waals surface area (Å²) in [6, 6.07) is 18.9. The van der Waals surface area contributed by atoms with Crippen molar-refractivity contribution >= 4 is 44.6 Å². The minimum absolute atomic E-state index is 0.0449. The van der Waals surface area contributed by atoms with Crippen LogP contribution in [0.25, 0.3) is 0 Å². The molecular formula is C25H25ClN2O3S2. The number of nitrogens with one attached hydrogen (secondary N) is 2. The molecular weight excluding hydrogens is 476 g/mol. The van der Waals surface area contributed by atoms with Gasteiger partial charge in [-0.05, 0) is 78.5 Å². The molecule has 0 aliphatic heterocycles. The van der Waals surface area contributed by atoms with Crippen molar-refractivity contribution in [2.75, 3.05) is 5.32 Å². The van der Waals surface area contributed by atoms with Gasteiger partial charge in [-0.15, -0.1) is 11.3 Å². The number of fused-ring (bicyclic) bond motifs is 3. The van der Waals surface area contributed by atoms with E-state index in [-0.39, 0.29) is 28.0 Å². The molecule has 33 heavy (non-hydrogen) atoms. The Bertz CT molecular complexity index is 1270. The van der Waals surface area contributed by atoms with E-state index in [2.05, 4.69) is 22.2 Å². The van der Waals surface area contributed by atoms with Crippen LogP contribution in [0.5, 0.6) is 0 Å². The van der Waals surface area contributed by atoms with Gasteiger partial charge in [0, 0.05) is 11.7 Å². The van der Waals surface area contributed by atoms with Crippen LogP contribution in [0.2, 0.25) is 4.34 Å². The summed E-state index contributed by atoms with van der Waals surface area (Å²) in [7, 11) is -3.60. The number of sulfonamides is 1. The molecule has 1 aromatic heterocycles. The molecule has 0 radical (unpaired) electrons. The lowest BCUT2D eigenvalue weighted by molar-refractivity contribution is -0.115. The fraction of sp³-hybridized carbons (Fsp3) is 0.320. The summed E-state index contributed by atoms with van der Waals surface area (Å²) in [6.07, 6.45) is 3.97. The van der Waals surface area contributed by atoms with Gasteiger partial charge in [-0.2, -0.15) is 0 Å². The first kappa shape index (κ1) is 22.6. The first-order valence-electron chi connectivity index (χ1n) is 11.1. The van der Waals surface area contributed by atoms with Crippen molar-refractivity contribution in [3.05, 3.63) is 81.7 Å². The van der Waals surface area contributed by atoms with Crippen molar-refractivity contribution in [1.29, 1.82) is 0 Å². The monoisotopic (exact) mass is 500 g/mol. The maximum atomic E-state index is 12.9. The van der Waals surface area contributed by atoms with Gasteiger partial charge in [-0.1, -0.05) is 48.0 Å². The van der Waals surface area contributed by atoms with Crippen molar-refractivity contribution in [3.63, 3.8) is 0 Å². The van der Waals surface area contributed by atoms with E-state index in [0.717, 1.165) is 48.3 Å². The smallest absolute Gasteiger partial charge is 0.250 e. The number of rotatable bonds is 6. The van der Waals surface area contributed by atoms with Crippen molar-refractivity contribution in [3.8, 4) is 0 Å². The number of thiophene rings is 1. The Labute approximate surface area is 203 Å². The van der Waals surface area contributed by atoms with Crippen LogP contribution >= 0.6 is 22.9 Å². The molecule has 5 nitrogen and oxygen atoms in total. The van der Waals surface area contributed by atoms with Crippen molar-refractivity contribution < 1.29 is 13.2 Å². The summed E-state index contributed by atoms with van der Waals surface area (Å²) in [5.74, 6) is 0.452. The molecule has 2 bridgehead atoms. The second kappa shape index (κ2) is 9.22. The topological polar surface area (TPSA) is 75.3 Å². The lowest BCUT2D eigenvalue weighted by Crippen LogP contribution is -2.41. The molecule has 3 aromatic rings. The van der Waals surface area contributed by atoms with Gasteiger partial charge in [-0.25, -0.2) is 13.1 Å². The number of anilines is 1. The minimum atomic E-state index is -3.60. The Kier molecular flexibility index (Phi) is 6.31. The molecule has 8 heteroatoms. The number of amides is 1. The highest BCUT2D eigenvalue weighted by Gasteiger charge is 2.41. The largest absolute Gasteiger partial charge is 0.326 e. The van der Waals surface area contributed by atoms with E-state index in [1.54, 1.807) is 12.1 Å². The van der Waals surface area contributed by atoms with Crippen LogP contribution in [0.4, 0.5) is 5.69 Å². The average molecular weight is 501 g/mol. The van der Waals surface area contributed by atoms with E-state index < -0.39 is 10.0 Å². The van der Waals surface area contributed by atoms with Crippen LogP contribution in [0.3, 0.4) is 0 Å². The van der Waals surface area contributed by atoms with Gasteiger partial charge in [0.05, 0.1) is 10.8 Å². The van der Waals surface area contributed by atoms with Gasteiger partial charge >= 0.3 is 0 Å². The van der Waals surface area contributed by atoms with E-state index in [1.165, 1.54) is 11.1 Å². The lowest BCUT2D eigenvalue weighted by atomic mass is 9.93. The normalized spacial score (nSPS) is 21.9. The minimum Gasteiger partial charge on any atom is -0.326 e. The average Bonchev–Trinajstić information content (AvgIpc) is 3.33. The second-order valence-electron chi connectivity index (χ2n) is 8.91. The van der Waals surface area contributed by atoms with Gasteiger partial charge in [0.2, 0.25) is 15.9 Å². The van der Waals surface area contributed by atoms with Crippen LogP contribution < -0.4 is 10.0 Å². The van der Waals surface area contributed by atoms with E-state index in [1.807, 2.05) is 36.4 Å². The van der Waals surface area contributed by atoms with E-state index in [4.69, 9.17) is 11.6 Å². The van der Waals surface area contributed by atoms with Gasteiger partial charge in [0.1, 0.15) is 4.21 Å². The Hall–Kier alpha value is -2.19. The summed E-state index contributed by atoms with van der Waals surface area (Å²) < 4.78 is 29.6. The quantitative estimate of drug-likeness (QED) is 0.497. The zero-order valence-corrected chi connectivity index (χ0v) is 20.3. The highest BCUT2D eigenvalue weighted by atomic mass is 35.5. The number of carbonyl (C=O) groups excluding carboxylic acids is 1. The predicted molar refractivity (Wildman–Crippen MR) is 132 cm³/mol. The highest BCUT2D eigenvalue weighted by Crippen LogP contribution is 2.41. The van der Waals surface area contributed by atoms with Crippen LogP contribution in [0.1, 0.15) is 29.5 Å². The third-order valence-electron chi connectivity index (χ3n) is 6.69.